The smallest absolute Gasteiger partial charge is 0.220 e. The largest absolute Gasteiger partial charge is 0.493 e. The Hall–Kier alpha value is -2.78. The zero-order valence-corrected chi connectivity index (χ0v) is 16.5. The molecule has 0 radical (unpaired) electrons. The van der Waals surface area contributed by atoms with Crippen molar-refractivity contribution in [2.75, 3.05) is 20.3 Å². The van der Waals surface area contributed by atoms with Gasteiger partial charge < -0.3 is 19.7 Å². The number of ether oxygens (including phenoxy) is 2. The number of aromatic amines is 2. The molecule has 4 aromatic rings. The van der Waals surface area contributed by atoms with Gasteiger partial charge >= 0.3 is 0 Å². The topological polar surface area (TPSA) is 106 Å². The Morgan fingerprint density at radius 2 is 2.07 bits per heavy atom. The van der Waals surface area contributed by atoms with Crippen molar-refractivity contribution in [3.63, 3.8) is 0 Å². The third-order valence-corrected chi connectivity index (χ3v) is 5.65. The number of hydrogen-bond acceptors (Lipinski definition) is 6. The fourth-order valence-electron chi connectivity index (χ4n) is 3.01. The van der Waals surface area contributed by atoms with Gasteiger partial charge in [-0.05, 0) is 25.1 Å². The van der Waals surface area contributed by atoms with Crippen molar-refractivity contribution in [1.29, 1.82) is 0 Å². The minimum atomic E-state index is -1.41. The fraction of sp³-hybridized carbons (Fsp3) is 0.316. The molecular weight excluding hydrogens is 378 g/mol. The van der Waals surface area contributed by atoms with Gasteiger partial charge in [0.2, 0.25) is 5.16 Å². The highest BCUT2D eigenvalue weighted by Gasteiger charge is 2.17. The van der Waals surface area contributed by atoms with E-state index in [-0.39, 0.29) is 5.75 Å². The number of rotatable bonds is 8. The van der Waals surface area contributed by atoms with Crippen LogP contribution in [0.3, 0.4) is 0 Å². The zero-order valence-electron chi connectivity index (χ0n) is 15.7. The van der Waals surface area contributed by atoms with Crippen LogP contribution in [0.25, 0.3) is 21.9 Å². The van der Waals surface area contributed by atoms with Crippen molar-refractivity contribution < 1.29 is 13.7 Å². The minimum absolute atomic E-state index is 0.236. The summed E-state index contributed by atoms with van der Waals surface area (Å²) >= 11 is 0. The van der Waals surface area contributed by atoms with Crippen LogP contribution in [0.1, 0.15) is 17.7 Å². The number of H-pyrrole nitrogens is 2. The van der Waals surface area contributed by atoms with Crippen molar-refractivity contribution >= 4 is 32.7 Å². The van der Waals surface area contributed by atoms with Gasteiger partial charge in [0, 0.05) is 43.5 Å². The third kappa shape index (κ3) is 3.63. The maximum Gasteiger partial charge on any atom is 0.220 e. The standard InChI is InChI=1S/C19H21N5O3S/c1-12-16(20-7-6-17(12)27-9-3-8-26-2)11-28(25)19-22-15-5-4-14-13(10-21-24-14)18(15)23-19/h4-7,10,21,24H,3,8-9,11H2,1-2H3. The molecule has 4 rings (SSSR count). The molecular formula is C19H21N5O3S. The molecule has 3 heterocycles. The van der Waals surface area contributed by atoms with Gasteiger partial charge in [-0.25, -0.2) is 9.97 Å². The molecule has 8 nitrogen and oxygen atoms in total. The van der Waals surface area contributed by atoms with E-state index >= 15 is 0 Å². The molecule has 0 fully saturated rings. The van der Waals surface area contributed by atoms with E-state index < -0.39 is 10.8 Å². The average molecular weight is 399 g/mol. The van der Waals surface area contributed by atoms with E-state index in [1.807, 2.05) is 31.3 Å². The summed E-state index contributed by atoms with van der Waals surface area (Å²) in [6.07, 6.45) is 4.31. The van der Waals surface area contributed by atoms with Crippen molar-refractivity contribution in [3.8, 4) is 5.75 Å². The first kappa shape index (κ1) is 18.6. The lowest BCUT2D eigenvalue weighted by atomic mass is 10.2. The maximum absolute atomic E-state index is 12.9. The zero-order chi connectivity index (χ0) is 19.5. The van der Waals surface area contributed by atoms with E-state index in [4.69, 9.17) is 9.47 Å². The Morgan fingerprint density at radius 3 is 2.93 bits per heavy atom. The molecule has 0 aliphatic carbocycles. The van der Waals surface area contributed by atoms with E-state index in [0.717, 1.165) is 45.4 Å². The molecule has 0 saturated carbocycles. The predicted molar refractivity (Wildman–Crippen MR) is 107 cm³/mol. The molecule has 3 aromatic heterocycles. The monoisotopic (exact) mass is 399 g/mol. The maximum atomic E-state index is 12.9. The molecule has 1 unspecified atom stereocenters. The minimum Gasteiger partial charge on any atom is -0.493 e. The van der Waals surface area contributed by atoms with Crippen LogP contribution in [-0.4, -0.2) is 49.7 Å². The first-order valence-electron chi connectivity index (χ1n) is 8.94. The summed E-state index contributed by atoms with van der Waals surface area (Å²) in [6.45, 7) is 3.13. The Morgan fingerprint density at radius 1 is 1.18 bits per heavy atom. The molecule has 2 N–H and O–H groups in total. The second kappa shape index (κ2) is 8.07. The number of imidazole rings is 1. The normalized spacial score (nSPS) is 12.6. The summed E-state index contributed by atoms with van der Waals surface area (Å²) in [4.78, 5) is 13.3. The molecule has 0 spiro atoms. The highest BCUT2D eigenvalue weighted by molar-refractivity contribution is 7.84. The fourth-order valence-corrected chi connectivity index (χ4v) is 4.07. The summed E-state index contributed by atoms with van der Waals surface area (Å²) < 4.78 is 23.7. The second-order valence-electron chi connectivity index (χ2n) is 6.38. The van der Waals surface area contributed by atoms with Gasteiger partial charge in [-0.3, -0.25) is 9.19 Å². The van der Waals surface area contributed by atoms with Gasteiger partial charge in [0.15, 0.2) is 0 Å². The average Bonchev–Trinajstić information content (AvgIpc) is 3.34. The predicted octanol–water partition coefficient (Wildman–Crippen LogP) is 2.87. The molecule has 1 aromatic carbocycles. The van der Waals surface area contributed by atoms with Crippen LogP contribution < -0.4 is 4.74 Å². The number of methoxy groups -OCH3 is 1. The van der Waals surface area contributed by atoms with Crippen molar-refractivity contribution in [3.05, 3.63) is 41.9 Å². The van der Waals surface area contributed by atoms with Crippen LogP contribution in [0.4, 0.5) is 0 Å². The second-order valence-corrected chi connectivity index (χ2v) is 7.72. The van der Waals surface area contributed by atoms with Crippen molar-refractivity contribution in [1.82, 2.24) is 25.1 Å². The number of hydrogen-bond donors (Lipinski definition) is 2. The van der Waals surface area contributed by atoms with E-state index in [1.165, 1.54) is 0 Å². The lowest BCUT2D eigenvalue weighted by molar-refractivity contribution is 0.172. The number of nitrogens with zero attached hydrogens (tertiary/aromatic N) is 3. The Balaban J connectivity index is 1.54. The molecule has 28 heavy (non-hydrogen) atoms. The van der Waals surface area contributed by atoms with E-state index in [2.05, 4.69) is 25.1 Å². The highest BCUT2D eigenvalue weighted by atomic mass is 32.2. The molecule has 0 aliphatic heterocycles. The highest BCUT2D eigenvalue weighted by Crippen LogP contribution is 2.25. The van der Waals surface area contributed by atoms with Crippen LogP contribution in [0, 0.1) is 6.92 Å². The Kier molecular flexibility index (Phi) is 5.36. The third-order valence-electron chi connectivity index (χ3n) is 4.52. The summed E-state index contributed by atoms with van der Waals surface area (Å²) in [5.74, 6) is 0.982. The van der Waals surface area contributed by atoms with E-state index in [1.54, 1.807) is 13.3 Å². The molecule has 9 heteroatoms. The van der Waals surface area contributed by atoms with Gasteiger partial charge in [-0.15, -0.1) is 0 Å². The summed E-state index contributed by atoms with van der Waals surface area (Å²) in [5, 5.41) is 7.22. The van der Waals surface area contributed by atoms with E-state index in [9.17, 15) is 4.21 Å². The summed E-state index contributed by atoms with van der Waals surface area (Å²) in [5.41, 5.74) is 3.99. The summed E-state index contributed by atoms with van der Waals surface area (Å²) in [7, 11) is 0.260. The van der Waals surface area contributed by atoms with Gasteiger partial charge in [0.1, 0.15) is 11.3 Å². The van der Waals surface area contributed by atoms with Crippen LogP contribution in [-0.2, 0) is 21.3 Å². The van der Waals surface area contributed by atoms with Crippen LogP contribution >= 0.6 is 0 Å². The lowest BCUT2D eigenvalue weighted by Gasteiger charge is -2.11. The SMILES string of the molecule is COCCCOc1ccnc(CS(=O)c2nc3ccc4[nH][nH]cc4c3n2)c1C. The summed E-state index contributed by atoms with van der Waals surface area (Å²) in [6, 6.07) is 5.61. The first-order valence-corrected chi connectivity index (χ1v) is 10.3. The quantitative estimate of drug-likeness (QED) is 0.441. The molecule has 1 atom stereocenters. The molecule has 0 amide bonds. The molecule has 0 bridgehead atoms. The van der Waals surface area contributed by atoms with Gasteiger partial charge in [0.05, 0.1) is 39.9 Å². The number of aromatic nitrogens is 5. The first-order chi connectivity index (χ1) is 13.7. The van der Waals surface area contributed by atoms with Crippen LogP contribution in [0.2, 0.25) is 0 Å². The van der Waals surface area contributed by atoms with Gasteiger partial charge in [-0.2, -0.15) is 0 Å². The number of benzene rings is 1. The van der Waals surface area contributed by atoms with Gasteiger partial charge in [-0.1, -0.05) is 0 Å². The Labute approximate surface area is 164 Å². The van der Waals surface area contributed by atoms with Crippen molar-refractivity contribution in [2.24, 2.45) is 0 Å². The number of nitrogens with one attached hydrogen (secondary N) is 2. The number of pyridine rings is 1. The molecule has 146 valence electrons. The Bertz CT molecular complexity index is 1140. The molecule has 0 saturated heterocycles. The van der Waals surface area contributed by atoms with Crippen LogP contribution in [0.15, 0.2) is 35.7 Å². The van der Waals surface area contributed by atoms with Crippen LogP contribution in [0.5, 0.6) is 5.75 Å². The van der Waals surface area contributed by atoms with Gasteiger partial charge in [0.25, 0.3) is 0 Å². The number of fused-ring (bicyclic) bond motifs is 3. The molecule has 0 aliphatic rings. The van der Waals surface area contributed by atoms with E-state index in [0.29, 0.717) is 18.4 Å². The van der Waals surface area contributed by atoms with Crippen molar-refractivity contribution in [2.45, 2.75) is 24.3 Å². The lowest BCUT2D eigenvalue weighted by Crippen LogP contribution is -2.06.